The van der Waals surface area contributed by atoms with Crippen molar-refractivity contribution < 1.29 is 4.79 Å². The van der Waals surface area contributed by atoms with Crippen LogP contribution in [-0.2, 0) is 4.79 Å². The minimum absolute atomic E-state index is 0.341. The molecule has 2 aromatic carbocycles. The molecule has 0 aliphatic heterocycles. The molecule has 1 aliphatic carbocycles. The van der Waals surface area contributed by atoms with Gasteiger partial charge in [0, 0.05) is 17.2 Å². The Kier molecular flexibility index (Phi) is 3.88. The standard InChI is InChI=1S/C17H18OS/c18-17-7-3-6-14(17)10-11-19-16-9-8-13-4-1-2-5-15(13)12-16/h1-2,4-5,8-9,12,14H,3,6-7,10-11H2. The zero-order chi connectivity index (χ0) is 13.1. The number of Topliss-reactive ketones (excluding diaryl/α,β-unsaturated/α-hetero) is 1. The van der Waals surface area contributed by atoms with E-state index in [1.165, 1.54) is 15.7 Å². The first-order valence-corrected chi connectivity index (χ1v) is 7.96. The molecule has 0 heterocycles. The molecule has 1 aliphatic rings. The topological polar surface area (TPSA) is 17.1 Å². The SMILES string of the molecule is O=C1CCCC1CCSc1ccc2ccccc2c1. The van der Waals surface area contributed by atoms with E-state index in [2.05, 4.69) is 42.5 Å². The van der Waals surface area contributed by atoms with Gasteiger partial charge in [-0.05, 0) is 47.9 Å². The molecule has 0 spiro atoms. The van der Waals surface area contributed by atoms with E-state index >= 15 is 0 Å². The van der Waals surface area contributed by atoms with Crippen molar-refractivity contribution in [2.45, 2.75) is 30.6 Å². The molecule has 1 nitrogen and oxygen atoms in total. The summed E-state index contributed by atoms with van der Waals surface area (Å²) in [7, 11) is 0. The van der Waals surface area contributed by atoms with Gasteiger partial charge in [-0.25, -0.2) is 0 Å². The number of hydrogen-bond donors (Lipinski definition) is 0. The van der Waals surface area contributed by atoms with Gasteiger partial charge in [-0.15, -0.1) is 11.8 Å². The van der Waals surface area contributed by atoms with Crippen molar-refractivity contribution >= 4 is 28.3 Å². The number of benzene rings is 2. The van der Waals surface area contributed by atoms with Gasteiger partial charge in [0.05, 0.1) is 0 Å². The van der Waals surface area contributed by atoms with E-state index in [0.29, 0.717) is 11.7 Å². The van der Waals surface area contributed by atoms with Crippen molar-refractivity contribution in [3.05, 3.63) is 42.5 Å². The highest BCUT2D eigenvalue weighted by Gasteiger charge is 2.23. The number of rotatable bonds is 4. The molecule has 2 heteroatoms. The lowest BCUT2D eigenvalue weighted by Crippen LogP contribution is -2.06. The summed E-state index contributed by atoms with van der Waals surface area (Å²) < 4.78 is 0. The molecule has 0 saturated heterocycles. The molecule has 3 rings (SSSR count). The zero-order valence-corrected chi connectivity index (χ0v) is 11.8. The number of ketones is 1. The quantitative estimate of drug-likeness (QED) is 0.750. The fraction of sp³-hybridized carbons (Fsp3) is 0.353. The summed E-state index contributed by atoms with van der Waals surface area (Å²) in [6.07, 6.45) is 4.06. The Balaban J connectivity index is 1.60. The predicted molar refractivity (Wildman–Crippen MR) is 81.6 cm³/mol. The van der Waals surface area contributed by atoms with Gasteiger partial charge < -0.3 is 0 Å². The van der Waals surface area contributed by atoms with E-state index in [0.717, 1.165) is 31.4 Å². The van der Waals surface area contributed by atoms with Gasteiger partial charge in [-0.3, -0.25) is 4.79 Å². The van der Waals surface area contributed by atoms with Crippen LogP contribution in [0.4, 0.5) is 0 Å². The van der Waals surface area contributed by atoms with Crippen LogP contribution in [0.3, 0.4) is 0 Å². The summed E-state index contributed by atoms with van der Waals surface area (Å²) >= 11 is 1.87. The molecule has 1 atom stereocenters. The van der Waals surface area contributed by atoms with E-state index in [9.17, 15) is 4.79 Å². The fourth-order valence-corrected chi connectivity index (χ4v) is 3.78. The van der Waals surface area contributed by atoms with Gasteiger partial charge in [0.1, 0.15) is 5.78 Å². The molecular weight excluding hydrogens is 252 g/mol. The summed E-state index contributed by atoms with van der Waals surface area (Å²) in [5, 5.41) is 2.59. The molecule has 98 valence electrons. The lowest BCUT2D eigenvalue weighted by molar-refractivity contribution is -0.120. The summed E-state index contributed by atoms with van der Waals surface area (Å²) in [4.78, 5) is 12.9. The molecule has 19 heavy (non-hydrogen) atoms. The van der Waals surface area contributed by atoms with Crippen LogP contribution < -0.4 is 0 Å². The van der Waals surface area contributed by atoms with Gasteiger partial charge in [-0.2, -0.15) is 0 Å². The Bertz CT molecular complexity index is 591. The van der Waals surface area contributed by atoms with Gasteiger partial charge >= 0.3 is 0 Å². The zero-order valence-electron chi connectivity index (χ0n) is 11.0. The van der Waals surface area contributed by atoms with E-state index in [1.54, 1.807) is 0 Å². The monoisotopic (exact) mass is 270 g/mol. The molecule has 0 amide bonds. The maximum atomic E-state index is 11.6. The van der Waals surface area contributed by atoms with Crippen LogP contribution in [0.25, 0.3) is 10.8 Å². The third-order valence-corrected chi connectivity index (χ3v) is 4.91. The second-order valence-electron chi connectivity index (χ2n) is 5.20. The van der Waals surface area contributed by atoms with Crippen LogP contribution in [0.5, 0.6) is 0 Å². The van der Waals surface area contributed by atoms with Crippen molar-refractivity contribution in [2.24, 2.45) is 5.92 Å². The van der Waals surface area contributed by atoms with Crippen molar-refractivity contribution in [1.82, 2.24) is 0 Å². The van der Waals surface area contributed by atoms with E-state index < -0.39 is 0 Å². The number of hydrogen-bond acceptors (Lipinski definition) is 2. The molecule has 0 aromatic heterocycles. The third-order valence-electron chi connectivity index (χ3n) is 3.89. The highest BCUT2D eigenvalue weighted by atomic mass is 32.2. The summed E-state index contributed by atoms with van der Waals surface area (Å²) in [6, 6.07) is 15.0. The highest BCUT2D eigenvalue weighted by molar-refractivity contribution is 7.99. The normalized spacial score (nSPS) is 19.2. The molecular formula is C17H18OS. The van der Waals surface area contributed by atoms with Crippen LogP contribution in [0.1, 0.15) is 25.7 Å². The van der Waals surface area contributed by atoms with Crippen molar-refractivity contribution in [1.29, 1.82) is 0 Å². The average Bonchev–Trinajstić information content (AvgIpc) is 2.84. The highest BCUT2D eigenvalue weighted by Crippen LogP contribution is 2.29. The molecule has 1 unspecified atom stereocenters. The second-order valence-corrected chi connectivity index (χ2v) is 6.37. The van der Waals surface area contributed by atoms with Crippen molar-refractivity contribution in [3.63, 3.8) is 0 Å². The lowest BCUT2D eigenvalue weighted by Gasteiger charge is -2.07. The Morgan fingerprint density at radius 1 is 1.11 bits per heavy atom. The number of carbonyl (C=O) groups is 1. The van der Waals surface area contributed by atoms with Gasteiger partial charge in [0.15, 0.2) is 0 Å². The van der Waals surface area contributed by atoms with Crippen molar-refractivity contribution in [3.8, 4) is 0 Å². The molecule has 2 aromatic rings. The number of fused-ring (bicyclic) bond motifs is 1. The Morgan fingerprint density at radius 2 is 1.95 bits per heavy atom. The smallest absolute Gasteiger partial charge is 0.136 e. The van der Waals surface area contributed by atoms with Crippen molar-refractivity contribution in [2.75, 3.05) is 5.75 Å². The first-order chi connectivity index (χ1) is 9.33. The largest absolute Gasteiger partial charge is 0.299 e. The molecule has 1 fully saturated rings. The van der Waals surface area contributed by atoms with E-state index in [-0.39, 0.29) is 0 Å². The predicted octanol–water partition coefficient (Wildman–Crippen LogP) is 4.69. The van der Waals surface area contributed by atoms with Crippen LogP contribution in [0, 0.1) is 5.92 Å². The third kappa shape index (κ3) is 3.01. The van der Waals surface area contributed by atoms with Gasteiger partial charge in [0.2, 0.25) is 0 Å². The van der Waals surface area contributed by atoms with Crippen LogP contribution in [0.2, 0.25) is 0 Å². The minimum atomic E-state index is 0.341. The maximum absolute atomic E-state index is 11.6. The van der Waals surface area contributed by atoms with E-state index in [1.807, 2.05) is 11.8 Å². The summed E-state index contributed by atoms with van der Waals surface area (Å²) in [5.41, 5.74) is 0. The van der Waals surface area contributed by atoms with Crippen LogP contribution in [0.15, 0.2) is 47.4 Å². The molecule has 0 radical (unpaired) electrons. The van der Waals surface area contributed by atoms with Gasteiger partial charge in [0.25, 0.3) is 0 Å². The Labute approximate surface area is 118 Å². The van der Waals surface area contributed by atoms with Crippen LogP contribution >= 0.6 is 11.8 Å². The fourth-order valence-electron chi connectivity index (χ4n) is 2.77. The first-order valence-electron chi connectivity index (χ1n) is 6.97. The van der Waals surface area contributed by atoms with Gasteiger partial charge in [-0.1, -0.05) is 30.3 Å². The summed E-state index contributed by atoms with van der Waals surface area (Å²) in [5.74, 6) is 1.88. The molecule has 0 bridgehead atoms. The number of thioether (sulfide) groups is 1. The second kappa shape index (κ2) is 5.79. The first kappa shape index (κ1) is 12.7. The number of carbonyl (C=O) groups excluding carboxylic acids is 1. The molecule has 1 saturated carbocycles. The van der Waals surface area contributed by atoms with Crippen LogP contribution in [-0.4, -0.2) is 11.5 Å². The summed E-state index contributed by atoms with van der Waals surface area (Å²) in [6.45, 7) is 0. The lowest BCUT2D eigenvalue weighted by atomic mass is 10.1. The Morgan fingerprint density at radius 3 is 2.74 bits per heavy atom. The van der Waals surface area contributed by atoms with E-state index in [4.69, 9.17) is 0 Å². The maximum Gasteiger partial charge on any atom is 0.136 e. The minimum Gasteiger partial charge on any atom is -0.299 e. The average molecular weight is 270 g/mol. The molecule has 0 N–H and O–H groups in total. The Hall–Kier alpha value is -1.28.